The van der Waals surface area contributed by atoms with Crippen LogP contribution in [-0.2, 0) is 73.5 Å². The zero-order valence-corrected chi connectivity index (χ0v) is 62.5. The number of amides is 5. The minimum Gasteiger partial charge on any atom is -0.504 e. The smallest absolute Gasteiger partial charge is 0.416 e. The number of nitro groups is 5. The van der Waals surface area contributed by atoms with E-state index < -0.39 is 170 Å². The summed E-state index contributed by atoms with van der Waals surface area (Å²) in [5, 5.41) is 189. The SMILES string of the molecule is Cc1cccc(NC(=O)CCc2ccc([N+](=O)[O-])c(O)c2O)c1.O=C(CCc1ccc([N+](=O)[O-])c(O)c1O)Nc1cccc(C(=O)O)c1.O=C(Cc1ccc([N+](=O)[O-])c(O)c1O)Nc1cccc(C(=O)O)c1.O=C(Cc1ccc([N+](=O)[O-])c(O)c1O)Nc1cccc(C(F)(F)F)c1.O=C(O)Cc1cccc(NC(=O)Cc2ccc([N+](=O)[O-])c(O)c2O)c1. The molecule has 0 saturated heterocycles. The van der Waals surface area contributed by atoms with Crippen LogP contribution >= 0.6 is 0 Å². The molecule has 0 saturated carbocycles. The normalized spacial score (nSPS) is 10.4. The third-order valence-corrected chi connectivity index (χ3v) is 16.5. The van der Waals surface area contributed by atoms with Crippen LogP contribution in [0.3, 0.4) is 0 Å². The monoisotopic (exact) mass is 1700 g/mol. The van der Waals surface area contributed by atoms with Gasteiger partial charge in [-0.3, -0.25) is 79.3 Å². The lowest BCUT2D eigenvalue weighted by Crippen LogP contribution is -2.15. The first kappa shape index (κ1) is 93.6. The van der Waals surface area contributed by atoms with Gasteiger partial charge in [0.2, 0.25) is 58.3 Å². The third kappa shape index (κ3) is 27.2. The summed E-state index contributed by atoms with van der Waals surface area (Å²) in [6.45, 7) is 1.91. The number of phenolic OH excluding ortho intramolecular Hbond substituents is 10. The van der Waals surface area contributed by atoms with Gasteiger partial charge < -0.3 is 93.0 Å². The van der Waals surface area contributed by atoms with Gasteiger partial charge in [0.25, 0.3) is 0 Å². The molecule has 0 aliphatic rings. The van der Waals surface area contributed by atoms with Gasteiger partial charge in [0.15, 0.2) is 28.7 Å². The maximum atomic E-state index is 12.6. The first-order valence-electron chi connectivity index (χ1n) is 34.5. The minimum atomic E-state index is -4.57. The lowest BCUT2D eigenvalue weighted by molar-refractivity contribution is -0.386. The Labute approximate surface area is 681 Å². The summed E-state index contributed by atoms with van der Waals surface area (Å²) < 4.78 is 37.9. The van der Waals surface area contributed by atoms with E-state index in [0.29, 0.717) is 22.6 Å². The number of carboxylic acid groups (broad SMARTS) is 3. The van der Waals surface area contributed by atoms with E-state index in [2.05, 4.69) is 26.6 Å². The molecule has 0 unspecified atom stereocenters. The van der Waals surface area contributed by atoms with E-state index in [1.54, 1.807) is 24.3 Å². The lowest BCUT2D eigenvalue weighted by atomic mass is 10.1. The number of rotatable bonds is 26. The van der Waals surface area contributed by atoms with Crippen LogP contribution in [0.25, 0.3) is 0 Å². The van der Waals surface area contributed by atoms with Crippen LogP contribution in [0, 0.1) is 57.5 Å². The minimum absolute atomic E-state index is 0.00927. The number of hydrogen-bond donors (Lipinski definition) is 18. The Bertz CT molecular complexity index is 5730. The van der Waals surface area contributed by atoms with E-state index in [9.17, 15) is 153 Å². The molecule has 122 heavy (non-hydrogen) atoms. The molecular formula is C78H67F3N10O31. The van der Waals surface area contributed by atoms with Crippen LogP contribution in [0.5, 0.6) is 57.5 Å². The molecule has 0 bridgehead atoms. The summed E-state index contributed by atoms with van der Waals surface area (Å²) in [4.78, 5) is 141. The number of phenols is 10. The topological polar surface area (TPSA) is 675 Å². The summed E-state index contributed by atoms with van der Waals surface area (Å²) >= 11 is 0. The number of aliphatic carboxylic acids is 1. The molecular weight excluding hydrogens is 1630 g/mol. The van der Waals surface area contributed by atoms with Gasteiger partial charge in [-0.05, 0) is 151 Å². The number of carboxylic acids is 3. The Hall–Kier alpha value is -17.3. The number of carbonyl (C=O) groups is 8. The van der Waals surface area contributed by atoms with E-state index in [1.165, 1.54) is 78.9 Å². The molecule has 10 aromatic rings. The molecule has 0 aromatic heterocycles. The van der Waals surface area contributed by atoms with Gasteiger partial charge in [0.1, 0.15) is 0 Å². The number of aromatic carboxylic acids is 2. The molecule has 636 valence electrons. The number of nitrogens with one attached hydrogen (secondary N) is 5. The zero-order chi connectivity index (χ0) is 90.7. The number of benzene rings is 10. The van der Waals surface area contributed by atoms with Crippen molar-refractivity contribution in [1.82, 2.24) is 0 Å². The number of nitro benzene ring substituents is 5. The van der Waals surface area contributed by atoms with Crippen molar-refractivity contribution in [2.75, 3.05) is 26.6 Å². The van der Waals surface area contributed by atoms with Gasteiger partial charge in [0, 0.05) is 88.3 Å². The number of halogens is 3. The molecule has 5 amide bonds. The molecule has 0 heterocycles. The molecule has 41 nitrogen and oxygen atoms in total. The van der Waals surface area contributed by atoms with E-state index in [4.69, 9.17) is 15.3 Å². The fourth-order valence-electron chi connectivity index (χ4n) is 10.6. The summed E-state index contributed by atoms with van der Waals surface area (Å²) in [6, 6.07) is 39.8. The number of alkyl halides is 3. The number of nitrogens with zero attached hydrogens (tertiary/aromatic N) is 5. The third-order valence-electron chi connectivity index (χ3n) is 16.5. The van der Waals surface area contributed by atoms with Crippen LogP contribution < -0.4 is 26.6 Å². The second-order valence-corrected chi connectivity index (χ2v) is 25.3. The van der Waals surface area contributed by atoms with Gasteiger partial charge >= 0.3 is 52.5 Å². The Morgan fingerprint density at radius 3 is 0.893 bits per heavy atom. The molecule has 0 radical (unpaired) electrons. The summed E-state index contributed by atoms with van der Waals surface area (Å²) in [7, 11) is 0. The average Bonchev–Trinajstić information content (AvgIpc) is 0.815. The Morgan fingerprint density at radius 1 is 0.320 bits per heavy atom. The maximum Gasteiger partial charge on any atom is 0.416 e. The quantitative estimate of drug-likeness (QED) is 0.0136. The van der Waals surface area contributed by atoms with E-state index >= 15 is 0 Å². The second-order valence-electron chi connectivity index (χ2n) is 25.3. The molecule has 0 atom stereocenters. The molecule has 0 aliphatic heterocycles. The van der Waals surface area contributed by atoms with Gasteiger partial charge in [-0.15, -0.1) is 0 Å². The maximum absolute atomic E-state index is 12.6. The number of aromatic hydroxyl groups is 10. The highest BCUT2D eigenvalue weighted by Crippen LogP contribution is 2.43. The second kappa shape index (κ2) is 42.4. The summed E-state index contributed by atoms with van der Waals surface area (Å²) in [5.41, 5.74) is -0.871. The van der Waals surface area contributed by atoms with Crippen molar-refractivity contribution in [3.63, 3.8) is 0 Å². The Balaban J connectivity index is 0.000000236. The standard InChI is InChI=1S/2C16H14N2O7.C16H16N2O5.C15H11F3N2O5.C15H12N2O7/c19-13(17-11-3-1-2-10(8-11)16(22)23)7-5-9-4-6-12(18(24)25)15(21)14(9)20;19-13(17-11-3-1-2-9(6-11)7-14(20)21)8-10-4-5-12(18(24)25)16(23)15(10)22;1-10-3-2-4-12(9-10)17-14(19)8-6-11-5-7-13(18(22)23)16(21)15(11)20;16-15(17,18)9-2-1-3-10(7-9)19-12(21)6-8-4-5-11(20(24)25)14(23)13(8)22;18-12(16-10-3-1-2-9(6-10)15(21)22)7-8-4-5-11(17(23)24)14(20)13(8)19/h1-4,6,8,20-21H,5,7H2,(H,17,19)(H,22,23);1-6,22-23H,7-8H2,(H,17,19)(H,20,21);2-5,7,9,20-21H,6,8H2,1H3,(H,17,19);1-5,7,22-23H,6H2,(H,19,21);1-6,19-20H,7H2,(H,16,18)(H,21,22). The zero-order valence-electron chi connectivity index (χ0n) is 62.5. The summed E-state index contributed by atoms with van der Waals surface area (Å²) in [6.07, 6.45) is -5.80. The molecule has 44 heteroatoms. The van der Waals surface area contributed by atoms with Crippen molar-refractivity contribution in [1.29, 1.82) is 0 Å². The highest BCUT2D eigenvalue weighted by Gasteiger charge is 2.32. The lowest BCUT2D eigenvalue weighted by Gasteiger charge is -2.10. The fourth-order valence-corrected chi connectivity index (χ4v) is 10.6. The highest BCUT2D eigenvalue weighted by atomic mass is 19.4. The molecule has 18 N–H and O–H groups in total. The van der Waals surface area contributed by atoms with Gasteiger partial charge in [-0.25, -0.2) is 9.59 Å². The van der Waals surface area contributed by atoms with Crippen molar-refractivity contribution in [2.24, 2.45) is 0 Å². The predicted octanol–water partition coefficient (Wildman–Crippen LogP) is 12.1. The van der Waals surface area contributed by atoms with Gasteiger partial charge in [0.05, 0.1) is 67.0 Å². The van der Waals surface area contributed by atoms with E-state index in [-0.39, 0.29) is 101 Å². The van der Waals surface area contributed by atoms with Crippen molar-refractivity contribution >= 4 is 104 Å². The molecule has 0 aliphatic carbocycles. The Morgan fingerprint density at radius 2 is 0.590 bits per heavy atom. The fraction of sp³-hybridized carbons (Fsp3) is 0.128. The molecule has 10 aromatic carbocycles. The van der Waals surface area contributed by atoms with Gasteiger partial charge in [-0.2, -0.15) is 13.2 Å². The Kier molecular flexibility index (Phi) is 32.5. The van der Waals surface area contributed by atoms with Crippen molar-refractivity contribution in [2.45, 2.75) is 64.5 Å². The number of aryl methyl sites for hydroxylation is 3. The largest absolute Gasteiger partial charge is 0.504 e. The van der Waals surface area contributed by atoms with Crippen molar-refractivity contribution < 1.29 is 143 Å². The van der Waals surface area contributed by atoms with Crippen LogP contribution in [0.1, 0.15) is 78.1 Å². The van der Waals surface area contributed by atoms with Crippen LogP contribution in [0.15, 0.2) is 182 Å². The number of hydrogen-bond acceptors (Lipinski definition) is 28. The molecule has 0 fully saturated rings. The van der Waals surface area contributed by atoms with E-state index in [0.717, 1.165) is 66.2 Å². The highest BCUT2D eigenvalue weighted by molar-refractivity contribution is 5.97. The van der Waals surface area contributed by atoms with E-state index in [1.807, 2.05) is 25.1 Å². The van der Waals surface area contributed by atoms with Crippen LogP contribution in [0.4, 0.5) is 70.0 Å². The van der Waals surface area contributed by atoms with Gasteiger partial charge in [-0.1, -0.05) is 42.5 Å². The predicted molar refractivity (Wildman–Crippen MR) is 420 cm³/mol. The molecule has 0 spiro atoms. The first-order chi connectivity index (χ1) is 57.3. The first-order valence-corrected chi connectivity index (χ1v) is 34.5. The van der Waals surface area contributed by atoms with Crippen LogP contribution in [0.2, 0.25) is 0 Å². The average molecular weight is 1700 g/mol. The number of carbonyl (C=O) groups excluding carboxylic acids is 5. The van der Waals surface area contributed by atoms with Crippen LogP contribution in [-0.4, -0.2) is 138 Å². The van der Waals surface area contributed by atoms with Crippen molar-refractivity contribution in [3.8, 4) is 57.5 Å². The van der Waals surface area contributed by atoms with Crippen molar-refractivity contribution in [3.05, 3.63) is 288 Å². The summed E-state index contributed by atoms with van der Waals surface area (Å²) in [5.74, 6) is -13.9. The molecule has 10 rings (SSSR count). The number of anilines is 5.